The van der Waals surface area contributed by atoms with Gasteiger partial charge in [0.05, 0.1) is 36.4 Å². The van der Waals surface area contributed by atoms with Crippen molar-refractivity contribution in [3.63, 3.8) is 0 Å². The minimum atomic E-state index is -0.194. The second-order valence-corrected chi connectivity index (χ2v) is 6.23. The molecule has 1 amide bonds. The summed E-state index contributed by atoms with van der Waals surface area (Å²) in [5.41, 5.74) is 7.59. The summed E-state index contributed by atoms with van der Waals surface area (Å²) in [4.78, 5) is 33.4. The van der Waals surface area contributed by atoms with Gasteiger partial charge >= 0.3 is 0 Å². The SMILES string of the molecule is NC1=C(/C=N/c2cnc(N3CCCC3)cn2)C(=O)N(c2cccnc2)C1. The molecule has 8 nitrogen and oxygen atoms in total. The van der Waals surface area contributed by atoms with Gasteiger partial charge in [-0.3, -0.25) is 9.78 Å². The van der Waals surface area contributed by atoms with Crippen LogP contribution in [0.25, 0.3) is 0 Å². The average Bonchev–Trinajstić information content (AvgIpc) is 3.30. The van der Waals surface area contributed by atoms with E-state index < -0.39 is 0 Å². The van der Waals surface area contributed by atoms with E-state index in [1.165, 1.54) is 19.1 Å². The van der Waals surface area contributed by atoms with Crippen LogP contribution >= 0.6 is 0 Å². The topological polar surface area (TPSA) is 101 Å². The third-order valence-corrected chi connectivity index (χ3v) is 4.49. The Morgan fingerprint density at radius 1 is 1.15 bits per heavy atom. The molecule has 0 aliphatic carbocycles. The molecule has 1 fully saturated rings. The zero-order chi connectivity index (χ0) is 17.9. The number of carbonyl (C=O) groups excluding carboxylic acids is 1. The largest absolute Gasteiger partial charge is 0.400 e. The van der Waals surface area contributed by atoms with Crippen molar-refractivity contribution < 1.29 is 4.79 Å². The molecule has 2 N–H and O–H groups in total. The molecule has 132 valence electrons. The van der Waals surface area contributed by atoms with Crippen molar-refractivity contribution in [1.82, 2.24) is 15.0 Å². The Morgan fingerprint density at radius 2 is 2.00 bits per heavy atom. The Labute approximate surface area is 151 Å². The predicted molar refractivity (Wildman–Crippen MR) is 99.4 cm³/mol. The van der Waals surface area contributed by atoms with Crippen LogP contribution in [-0.2, 0) is 4.79 Å². The van der Waals surface area contributed by atoms with Crippen LogP contribution in [0.5, 0.6) is 0 Å². The first-order chi connectivity index (χ1) is 12.7. The molecule has 2 aromatic rings. The van der Waals surface area contributed by atoms with Crippen LogP contribution in [0.2, 0.25) is 0 Å². The minimum Gasteiger partial charge on any atom is -0.400 e. The first-order valence-corrected chi connectivity index (χ1v) is 8.54. The summed E-state index contributed by atoms with van der Waals surface area (Å²) in [5.74, 6) is 1.11. The van der Waals surface area contributed by atoms with Crippen LogP contribution in [0.1, 0.15) is 12.8 Å². The number of pyridine rings is 1. The van der Waals surface area contributed by atoms with Crippen LogP contribution < -0.4 is 15.5 Å². The second-order valence-electron chi connectivity index (χ2n) is 6.23. The van der Waals surface area contributed by atoms with E-state index in [4.69, 9.17) is 5.73 Å². The number of hydrogen-bond donors (Lipinski definition) is 1. The fourth-order valence-electron chi connectivity index (χ4n) is 3.09. The molecule has 2 aromatic heterocycles. The molecule has 0 saturated carbocycles. The molecule has 0 atom stereocenters. The maximum absolute atomic E-state index is 12.6. The Balaban J connectivity index is 1.48. The van der Waals surface area contributed by atoms with Crippen molar-refractivity contribution in [3.05, 3.63) is 48.2 Å². The molecular weight excluding hydrogens is 330 g/mol. The van der Waals surface area contributed by atoms with Gasteiger partial charge in [0.25, 0.3) is 5.91 Å². The summed E-state index contributed by atoms with van der Waals surface area (Å²) < 4.78 is 0. The lowest BCUT2D eigenvalue weighted by Gasteiger charge is -2.15. The van der Waals surface area contributed by atoms with E-state index in [-0.39, 0.29) is 5.91 Å². The number of nitrogens with two attached hydrogens (primary N) is 1. The van der Waals surface area contributed by atoms with E-state index in [9.17, 15) is 4.79 Å². The van der Waals surface area contributed by atoms with Crippen LogP contribution in [0.15, 0.2) is 53.2 Å². The maximum atomic E-state index is 12.6. The van der Waals surface area contributed by atoms with Gasteiger partial charge in [-0.1, -0.05) is 0 Å². The summed E-state index contributed by atoms with van der Waals surface area (Å²) in [7, 11) is 0. The third-order valence-electron chi connectivity index (χ3n) is 4.49. The van der Waals surface area contributed by atoms with Crippen LogP contribution in [0.3, 0.4) is 0 Å². The Morgan fingerprint density at radius 3 is 2.69 bits per heavy atom. The Hall–Kier alpha value is -3.29. The Kier molecular flexibility index (Phi) is 4.30. The highest BCUT2D eigenvalue weighted by Gasteiger charge is 2.29. The van der Waals surface area contributed by atoms with Gasteiger partial charge in [-0.25, -0.2) is 15.0 Å². The zero-order valence-corrected chi connectivity index (χ0v) is 14.2. The van der Waals surface area contributed by atoms with Crippen molar-refractivity contribution in [2.75, 3.05) is 29.4 Å². The van der Waals surface area contributed by atoms with E-state index in [0.29, 0.717) is 29.3 Å². The summed E-state index contributed by atoms with van der Waals surface area (Å²) in [6.45, 7) is 2.35. The van der Waals surface area contributed by atoms with Crippen molar-refractivity contribution in [3.8, 4) is 0 Å². The van der Waals surface area contributed by atoms with E-state index in [0.717, 1.165) is 18.9 Å². The van der Waals surface area contributed by atoms with Gasteiger partial charge in [0, 0.05) is 31.2 Å². The quantitative estimate of drug-likeness (QED) is 0.838. The van der Waals surface area contributed by atoms with Gasteiger partial charge in [-0.15, -0.1) is 0 Å². The number of anilines is 2. The molecule has 0 aromatic carbocycles. The van der Waals surface area contributed by atoms with Crippen LogP contribution in [-0.4, -0.2) is 46.7 Å². The van der Waals surface area contributed by atoms with E-state index in [1.54, 1.807) is 35.8 Å². The highest BCUT2D eigenvalue weighted by molar-refractivity contribution is 6.22. The average molecular weight is 349 g/mol. The van der Waals surface area contributed by atoms with Crippen molar-refractivity contribution in [1.29, 1.82) is 0 Å². The van der Waals surface area contributed by atoms with E-state index in [2.05, 4.69) is 24.8 Å². The lowest BCUT2D eigenvalue weighted by Crippen LogP contribution is -2.27. The summed E-state index contributed by atoms with van der Waals surface area (Å²) in [5, 5.41) is 0. The molecule has 0 unspecified atom stereocenters. The molecular formula is C18H19N7O. The molecule has 1 saturated heterocycles. The smallest absolute Gasteiger partial charge is 0.262 e. The number of hydrogen-bond acceptors (Lipinski definition) is 7. The Bertz CT molecular complexity index is 855. The van der Waals surface area contributed by atoms with Gasteiger partial charge in [0.1, 0.15) is 5.82 Å². The highest BCUT2D eigenvalue weighted by Crippen LogP contribution is 2.23. The second kappa shape index (κ2) is 6.91. The minimum absolute atomic E-state index is 0.194. The number of rotatable bonds is 4. The summed E-state index contributed by atoms with van der Waals surface area (Å²) >= 11 is 0. The van der Waals surface area contributed by atoms with Crippen LogP contribution in [0, 0.1) is 0 Å². The summed E-state index contributed by atoms with van der Waals surface area (Å²) in [6.07, 6.45) is 10.5. The van der Waals surface area contributed by atoms with Gasteiger partial charge in [-0.05, 0) is 25.0 Å². The first-order valence-electron chi connectivity index (χ1n) is 8.54. The molecule has 0 radical (unpaired) electrons. The molecule has 2 aliphatic heterocycles. The zero-order valence-electron chi connectivity index (χ0n) is 14.2. The van der Waals surface area contributed by atoms with E-state index >= 15 is 0 Å². The monoisotopic (exact) mass is 349 g/mol. The number of carbonyl (C=O) groups is 1. The predicted octanol–water partition coefficient (Wildman–Crippen LogP) is 1.43. The van der Waals surface area contributed by atoms with Crippen molar-refractivity contribution in [2.24, 2.45) is 10.7 Å². The number of aromatic nitrogens is 3. The molecule has 8 heteroatoms. The maximum Gasteiger partial charge on any atom is 0.262 e. The first kappa shape index (κ1) is 16.2. The normalized spacial score (nSPS) is 17.8. The third kappa shape index (κ3) is 3.13. The van der Waals surface area contributed by atoms with Gasteiger partial charge < -0.3 is 15.5 Å². The van der Waals surface area contributed by atoms with Crippen LogP contribution in [0.4, 0.5) is 17.3 Å². The number of amides is 1. The standard InChI is InChI=1S/C18H19N7O/c19-15-12-25(13-4-3-5-20-8-13)18(26)14(15)9-21-16-10-23-17(11-22-16)24-6-1-2-7-24/h3-5,8-11H,1-2,6-7,12,19H2/b21-9+. The lowest BCUT2D eigenvalue weighted by atomic mass is 10.2. The molecule has 26 heavy (non-hydrogen) atoms. The fourth-order valence-corrected chi connectivity index (χ4v) is 3.09. The molecule has 4 heterocycles. The molecule has 2 aliphatic rings. The number of aliphatic imine (C=N–C) groups is 1. The number of nitrogens with zero attached hydrogens (tertiary/aromatic N) is 6. The molecule has 4 rings (SSSR count). The van der Waals surface area contributed by atoms with Gasteiger partial charge in [0.15, 0.2) is 5.82 Å². The summed E-state index contributed by atoms with van der Waals surface area (Å²) in [6, 6.07) is 3.60. The molecule has 0 bridgehead atoms. The fraction of sp³-hybridized carbons (Fsp3) is 0.278. The highest BCUT2D eigenvalue weighted by atomic mass is 16.2. The van der Waals surface area contributed by atoms with Gasteiger partial charge in [0.2, 0.25) is 0 Å². The van der Waals surface area contributed by atoms with Crippen molar-refractivity contribution in [2.45, 2.75) is 12.8 Å². The lowest BCUT2D eigenvalue weighted by molar-refractivity contribution is -0.114. The van der Waals surface area contributed by atoms with Gasteiger partial charge in [-0.2, -0.15) is 0 Å². The molecule has 0 spiro atoms. The van der Waals surface area contributed by atoms with E-state index in [1.807, 2.05) is 6.07 Å². The van der Waals surface area contributed by atoms with Crippen molar-refractivity contribution >= 4 is 29.4 Å².